The number of hydrogen-bond donors (Lipinski definition) is 1. The van der Waals surface area contributed by atoms with Crippen molar-refractivity contribution in [1.82, 2.24) is 14.3 Å². The Morgan fingerprint density at radius 3 is 2.65 bits per heavy atom. The Morgan fingerprint density at radius 2 is 2.00 bits per heavy atom. The van der Waals surface area contributed by atoms with Crippen LogP contribution >= 0.6 is 0 Å². The molecule has 1 N–H and O–H groups in total. The standard InChI is InChI=1S/C18H15FN4O2S/c1-23-10-9-21-18(23)17(15-7-2-3-8-16(15)19)22-26(24,25)14-6-4-5-13(11-14)12-20/h2-11,17,22H,1H3. The van der Waals surface area contributed by atoms with Gasteiger partial charge in [0.25, 0.3) is 0 Å². The zero-order valence-electron chi connectivity index (χ0n) is 13.8. The monoisotopic (exact) mass is 370 g/mol. The number of halogens is 1. The lowest BCUT2D eigenvalue weighted by Crippen LogP contribution is -2.31. The van der Waals surface area contributed by atoms with Gasteiger partial charge in [-0.2, -0.15) is 9.98 Å². The lowest BCUT2D eigenvalue weighted by Gasteiger charge is -2.19. The quantitative estimate of drug-likeness (QED) is 0.747. The maximum atomic E-state index is 14.3. The molecular formula is C18H15FN4O2S. The van der Waals surface area contributed by atoms with Crippen molar-refractivity contribution in [3.05, 3.63) is 83.7 Å². The molecule has 0 saturated carbocycles. The molecule has 0 fully saturated rings. The predicted octanol–water partition coefficient (Wildman–Crippen LogP) is 2.50. The summed E-state index contributed by atoms with van der Waals surface area (Å²) in [5.41, 5.74) is 0.370. The first-order valence-electron chi connectivity index (χ1n) is 7.66. The molecule has 1 heterocycles. The van der Waals surface area contributed by atoms with Gasteiger partial charge < -0.3 is 4.57 Å². The number of nitriles is 1. The number of sulfonamides is 1. The number of rotatable bonds is 5. The van der Waals surface area contributed by atoms with E-state index in [0.717, 1.165) is 0 Å². The molecule has 26 heavy (non-hydrogen) atoms. The third-order valence-corrected chi connectivity index (χ3v) is 5.30. The molecule has 0 bridgehead atoms. The van der Waals surface area contributed by atoms with Crippen LogP contribution in [0, 0.1) is 17.1 Å². The first kappa shape index (κ1) is 17.8. The highest BCUT2D eigenvalue weighted by Crippen LogP contribution is 2.25. The fraction of sp³-hybridized carbons (Fsp3) is 0.111. The molecule has 0 aliphatic rings. The predicted molar refractivity (Wildman–Crippen MR) is 92.9 cm³/mol. The van der Waals surface area contributed by atoms with E-state index in [1.165, 1.54) is 48.7 Å². The number of nitrogens with zero attached hydrogens (tertiary/aromatic N) is 3. The Balaban J connectivity index is 2.08. The van der Waals surface area contributed by atoms with Crippen LogP contribution in [0.4, 0.5) is 4.39 Å². The third kappa shape index (κ3) is 3.49. The normalized spacial score (nSPS) is 12.5. The van der Waals surface area contributed by atoms with Gasteiger partial charge in [0.15, 0.2) is 0 Å². The first-order valence-corrected chi connectivity index (χ1v) is 9.15. The van der Waals surface area contributed by atoms with Crippen molar-refractivity contribution in [1.29, 1.82) is 5.26 Å². The minimum Gasteiger partial charge on any atom is -0.336 e. The molecule has 3 rings (SSSR count). The van der Waals surface area contributed by atoms with Gasteiger partial charge in [-0.15, -0.1) is 0 Å². The third-order valence-electron chi connectivity index (χ3n) is 3.88. The fourth-order valence-electron chi connectivity index (χ4n) is 2.58. The molecule has 1 aromatic heterocycles. The Hall–Kier alpha value is -3.02. The second-order valence-electron chi connectivity index (χ2n) is 5.61. The van der Waals surface area contributed by atoms with E-state index < -0.39 is 21.9 Å². The number of aryl methyl sites for hydroxylation is 1. The average molecular weight is 370 g/mol. The summed E-state index contributed by atoms with van der Waals surface area (Å²) < 4.78 is 44.1. The van der Waals surface area contributed by atoms with Gasteiger partial charge in [-0.05, 0) is 24.3 Å². The Kier molecular flexibility index (Phi) is 4.84. The fourth-order valence-corrected chi connectivity index (χ4v) is 3.79. The van der Waals surface area contributed by atoms with Gasteiger partial charge in [0.1, 0.15) is 17.7 Å². The van der Waals surface area contributed by atoms with Crippen LogP contribution in [0.15, 0.2) is 65.8 Å². The molecule has 3 aromatic rings. The van der Waals surface area contributed by atoms with Gasteiger partial charge >= 0.3 is 0 Å². The Bertz CT molecular complexity index is 1090. The summed E-state index contributed by atoms with van der Waals surface area (Å²) >= 11 is 0. The van der Waals surface area contributed by atoms with Crippen LogP contribution in [-0.4, -0.2) is 18.0 Å². The van der Waals surface area contributed by atoms with Crippen LogP contribution in [0.2, 0.25) is 0 Å². The van der Waals surface area contributed by atoms with Crippen molar-refractivity contribution in [2.45, 2.75) is 10.9 Å². The lowest BCUT2D eigenvalue weighted by molar-refractivity contribution is 0.545. The van der Waals surface area contributed by atoms with E-state index in [1.54, 1.807) is 23.9 Å². The molecule has 6 nitrogen and oxygen atoms in total. The van der Waals surface area contributed by atoms with Gasteiger partial charge in [0, 0.05) is 25.0 Å². The van der Waals surface area contributed by atoms with E-state index in [1.807, 2.05) is 6.07 Å². The highest BCUT2D eigenvalue weighted by atomic mass is 32.2. The molecule has 0 radical (unpaired) electrons. The van der Waals surface area contributed by atoms with E-state index in [4.69, 9.17) is 5.26 Å². The van der Waals surface area contributed by atoms with Crippen LogP contribution in [0.25, 0.3) is 0 Å². The summed E-state index contributed by atoms with van der Waals surface area (Å²) in [6.07, 6.45) is 3.15. The smallest absolute Gasteiger partial charge is 0.241 e. The van der Waals surface area contributed by atoms with Crippen molar-refractivity contribution in [2.75, 3.05) is 0 Å². The van der Waals surface area contributed by atoms with Crippen molar-refractivity contribution in [3.63, 3.8) is 0 Å². The maximum absolute atomic E-state index is 14.3. The number of benzene rings is 2. The molecule has 8 heteroatoms. The molecule has 0 aliphatic carbocycles. The molecule has 0 amide bonds. The summed E-state index contributed by atoms with van der Waals surface area (Å²) in [6.45, 7) is 0. The summed E-state index contributed by atoms with van der Waals surface area (Å²) in [4.78, 5) is 4.09. The van der Waals surface area contributed by atoms with Crippen LogP contribution in [0.5, 0.6) is 0 Å². The number of aromatic nitrogens is 2. The van der Waals surface area contributed by atoms with E-state index in [0.29, 0.717) is 5.82 Å². The van der Waals surface area contributed by atoms with Crippen LogP contribution < -0.4 is 4.72 Å². The largest absolute Gasteiger partial charge is 0.336 e. The van der Waals surface area contributed by atoms with E-state index in [2.05, 4.69) is 9.71 Å². The highest BCUT2D eigenvalue weighted by molar-refractivity contribution is 7.89. The molecule has 2 aromatic carbocycles. The molecule has 1 unspecified atom stereocenters. The number of nitrogens with one attached hydrogen (secondary N) is 1. The van der Waals surface area contributed by atoms with Gasteiger partial charge in [-0.25, -0.2) is 17.8 Å². The molecule has 0 spiro atoms. The minimum absolute atomic E-state index is 0.0768. The number of hydrogen-bond acceptors (Lipinski definition) is 4. The van der Waals surface area contributed by atoms with Crippen molar-refractivity contribution in [2.24, 2.45) is 7.05 Å². The zero-order valence-corrected chi connectivity index (χ0v) is 14.6. The van der Waals surface area contributed by atoms with E-state index in [9.17, 15) is 12.8 Å². The zero-order chi connectivity index (χ0) is 18.7. The summed E-state index contributed by atoms with van der Waals surface area (Å²) in [6, 6.07) is 12.4. The van der Waals surface area contributed by atoms with Crippen LogP contribution in [0.3, 0.4) is 0 Å². The Morgan fingerprint density at radius 1 is 1.23 bits per heavy atom. The molecule has 132 valence electrons. The van der Waals surface area contributed by atoms with Crippen LogP contribution in [-0.2, 0) is 17.1 Å². The topological polar surface area (TPSA) is 87.8 Å². The van der Waals surface area contributed by atoms with Crippen LogP contribution in [0.1, 0.15) is 23.0 Å². The first-order chi connectivity index (χ1) is 12.4. The second kappa shape index (κ2) is 7.07. The maximum Gasteiger partial charge on any atom is 0.241 e. The molecule has 0 aliphatic heterocycles. The van der Waals surface area contributed by atoms with Gasteiger partial charge in [-0.1, -0.05) is 24.3 Å². The summed E-state index contributed by atoms with van der Waals surface area (Å²) in [7, 11) is -2.33. The van der Waals surface area contributed by atoms with E-state index >= 15 is 0 Å². The van der Waals surface area contributed by atoms with Crippen molar-refractivity contribution >= 4 is 10.0 Å². The minimum atomic E-state index is -4.02. The lowest BCUT2D eigenvalue weighted by atomic mass is 10.1. The number of imidazole rings is 1. The summed E-state index contributed by atoms with van der Waals surface area (Å²) in [5.74, 6) is -0.205. The second-order valence-corrected chi connectivity index (χ2v) is 7.33. The average Bonchev–Trinajstić information content (AvgIpc) is 3.06. The molecular weight excluding hydrogens is 355 g/mol. The van der Waals surface area contributed by atoms with Gasteiger partial charge in [-0.3, -0.25) is 0 Å². The van der Waals surface area contributed by atoms with Crippen molar-refractivity contribution in [3.8, 4) is 6.07 Å². The van der Waals surface area contributed by atoms with E-state index in [-0.39, 0.29) is 16.0 Å². The Labute approximate surface area is 150 Å². The molecule has 1 atom stereocenters. The molecule has 0 saturated heterocycles. The van der Waals surface area contributed by atoms with Gasteiger partial charge in [0.05, 0.1) is 16.5 Å². The summed E-state index contributed by atoms with van der Waals surface area (Å²) in [5, 5.41) is 8.98. The SMILES string of the molecule is Cn1ccnc1C(NS(=O)(=O)c1cccc(C#N)c1)c1ccccc1F. The highest BCUT2D eigenvalue weighted by Gasteiger charge is 2.27. The van der Waals surface area contributed by atoms with Gasteiger partial charge in [0.2, 0.25) is 10.0 Å². The van der Waals surface area contributed by atoms with Crippen molar-refractivity contribution < 1.29 is 12.8 Å².